The fraction of sp³-hybridized carbons (Fsp3) is 0.273. The van der Waals surface area contributed by atoms with Crippen LogP contribution in [0.1, 0.15) is 68.5 Å². The van der Waals surface area contributed by atoms with Crippen molar-refractivity contribution < 1.29 is 26.3 Å². The molecule has 0 spiro atoms. The Hall–Kier alpha value is -5.70. The molecule has 0 aromatic heterocycles. The quantitative estimate of drug-likeness (QED) is 0.141. The first-order chi connectivity index (χ1) is 30.4. The Morgan fingerprint density at radius 2 is 0.873 bits per heavy atom. The summed E-state index contributed by atoms with van der Waals surface area (Å²) in [5.41, 5.74) is 16.1. The Morgan fingerprint density at radius 1 is 0.413 bits per heavy atom. The van der Waals surface area contributed by atoms with Crippen molar-refractivity contribution in [3.05, 3.63) is 201 Å². The molecule has 2 aliphatic heterocycles. The fourth-order valence-electron chi connectivity index (χ4n) is 9.61. The average Bonchev–Trinajstić information content (AvgIpc) is 3.68. The Bertz CT molecular complexity index is 2670. The molecule has 0 N–H and O–H groups in total. The monoisotopic (exact) mass is 852 g/mol. The number of fused-ring (bicyclic) bond motifs is 6. The molecular formula is C55H50F6N2. The topological polar surface area (TPSA) is 6.48 Å². The Morgan fingerprint density at radius 3 is 1.40 bits per heavy atom. The molecule has 0 radical (unpaired) electrons. The van der Waals surface area contributed by atoms with Gasteiger partial charge in [0.15, 0.2) is 0 Å². The van der Waals surface area contributed by atoms with Crippen molar-refractivity contribution in [2.24, 2.45) is 0 Å². The lowest BCUT2D eigenvalue weighted by molar-refractivity contribution is -0.138. The third-order valence-corrected chi connectivity index (χ3v) is 13.1. The zero-order valence-electron chi connectivity index (χ0n) is 35.2. The molecule has 0 atom stereocenters. The highest BCUT2D eigenvalue weighted by Crippen LogP contribution is 2.38. The minimum Gasteiger partial charge on any atom is -0.299 e. The summed E-state index contributed by atoms with van der Waals surface area (Å²) in [4.78, 5) is 4.75. The van der Waals surface area contributed by atoms with Gasteiger partial charge >= 0.3 is 12.4 Å². The van der Waals surface area contributed by atoms with Crippen LogP contribution in [0, 0.1) is 0 Å². The predicted octanol–water partition coefficient (Wildman–Crippen LogP) is 13.4. The highest BCUT2D eigenvalue weighted by molar-refractivity contribution is 5.77. The van der Waals surface area contributed by atoms with Gasteiger partial charge in [0, 0.05) is 39.3 Å². The van der Waals surface area contributed by atoms with Gasteiger partial charge in [0.25, 0.3) is 0 Å². The number of alkyl halides is 6. The third-order valence-electron chi connectivity index (χ3n) is 13.1. The van der Waals surface area contributed by atoms with Gasteiger partial charge in [0.1, 0.15) is 0 Å². The molecule has 10 rings (SSSR count). The number of hydrogen-bond donors (Lipinski definition) is 0. The molecule has 0 saturated heterocycles. The maximum Gasteiger partial charge on any atom is 0.416 e. The van der Waals surface area contributed by atoms with Gasteiger partial charge in [-0.2, -0.15) is 26.3 Å². The lowest BCUT2D eigenvalue weighted by Gasteiger charge is -2.27. The van der Waals surface area contributed by atoms with E-state index in [9.17, 15) is 26.3 Å². The first kappa shape index (κ1) is 42.6. The van der Waals surface area contributed by atoms with E-state index in [0.717, 1.165) is 107 Å². The predicted molar refractivity (Wildman–Crippen MR) is 242 cm³/mol. The van der Waals surface area contributed by atoms with Gasteiger partial charge in [-0.1, -0.05) is 121 Å². The smallest absolute Gasteiger partial charge is 0.299 e. The second-order valence-corrected chi connectivity index (χ2v) is 17.2. The zero-order chi connectivity index (χ0) is 43.6. The van der Waals surface area contributed by atoms with E-state index in [0.29, 0.717) is 11.1 Å². The Balaban J connectivity index is 0.000000160. The molecule has 322 valence electrons. The van der Waals surface area contributed by atoms with Crippen molar-refractivity contribution in [1.82, 2.24) is 9.80 Å². The van der Waals surface area contributed by atoms with Gasteiger partial charge in [-0.3, -0.25) is 9.80 Å². The van der Waals surface area contributed by atoms with Crippen LogP contribution in [0.25, 0.3) is 33.4 Å². The van der Waals surface area contributed by atoms with E-state index < -0.39 is 23.5 Å². The number of hydrogen-bond acceptors (Lipinski definition) is 2. The number of rotatable bonds is 8. The van der Waals surface area contributed by atoms with Crippen LogP contribution >= 0.6 is 0 Å². The molecule has 2 nitrogen and oxygen atoms in total. The first-order valence-electron chi connectivity index (χ1n) is 22.0. The fourth-order valence-corrected chi connectivity index (χ4v) is 9.61. The second kappa shape index (κ2) is 18.2. The summed E-state index contributed by atoms with van der Waals surface area (Å²) in [6.45, 7) is 5.23. The van der Waals surface area contributed by atoms with E-state index in [-0.39, 0.29) is 0 Å². The minimum absolute atomic E-state index is 0.576. The van der Waals surface area contributed by atoms with Crippen molar-refractivity contribution >= 4 is 11.1 Å². The van der Waals surface area contributed by atoms with Crippen molar-refractivity contribution in [3.8, 4) is 22.3 Å². The zero-order valence-corrected chi connectivity index (χ0v) is 35.2. The molecular weight excluding hydrogens is 803 g/mol. The third kappa shape index (κ3) is 9.93. The normalized spacial score (nSPS) is 16.2. The first-order valence-corrected chi connectivity index (χ1v) is 22.0. The standard InChI is InChI=1S/C28H26F3N.C27H24F3N/c29-28(30,31)25-6-3-5-23(19-25)21-13-16-32(17-14-21)15-12-20-8-11-27-24(18-20)10-9-22-4-1-2-7-26(22)27;28-27(29,30)24-6-3-5-21(18-24)20-11-14-31(15-12-20)13-10-19-8-9-26-23(16-19)17-22-4-1-2-7-25(22)26/h1-8,11,13,18-19H,9-10,12,14-17H2;1-9,11,16,18H,10,12-15,17H2. The molecule has 2 heterocycles. The molecule has 0 fully saturated rings. The van der Waals surface area contributed by atoms with E-state index in [1.165, 1.54) is 79.9 Å². The second-order valence-electron chi connectivity index (χ2n) is 17.2. The van der Waals surface area contributed by atoms with E-state index in [2.05, 4.69) is 107 Å². The molecule has 0 bridgehead atoms. The molecule has 63 heavy (non-hydrogen) atoms. The van der Waals surface area contributed by atoms with Crippen LogP contribution in [0.15, 0.2) is 146 Å². The summed E-state index contributed by atoms with van der Waals surface area (Å²) < 4.78 is 78.0. The SMILES string of the molecule is FC(F)(F)c1cccc(C2=CCN(CCc3ccc4c(c3)CCc3ccccc3-4)CC2)c1.FC(F)(F)c1cccc(C2=CCN(CCc3ccc4c(c3)Cc3ccccc3-4)CC2)c1. The van der Waals surface area contributed by atoms with Crippen LogP contribution < -0.4 is 0 Å². The van der Waals surface area contributed by atoms with Crippen molar-refractivity contribution in [2.75, 3.05) is 39.3 Å². The number of aryl methyl sites for hydroxylation is 2. The van der Waals surface area contributed by atoms with Crippen LogP contribution in [0.2, 0.25) is 0 Å². The highest BCUT2D eigenvalue weighted by atomic mass is 19.4. The summed E-state index contributed by atoms with van der Waals surface area (Å²) in [5.74, 6) is 0. The van der Waals surface area contributed by atoms with Gasteiger partial charge in [0.05, 0.1) is 11.1 Å². The van der Waals surface area contributed by atoms with E-state index >= 15 is 0 Å². The van der Waals surface area contributed by atoms with E-state index in [1.54, 1.807) is 12.1 Å². The molecule has 6 aromatic carbocycles. The molecule has 8 heteroatoms. The van der Waals surface area contributed by atoms with Crippen LogP contribution in [0.5, 0.6) is 0 Å². The van der Waals surface area contributed by atoms with Gasteiger partial charge in [-0.25, -0.2) is 0 Å². The van der Waals surface area contributed by atoms with Gasteiger partial charge < -0.3 is 0 Å². The molecule has 2 aliphatic carbocycles. The summed E-state index contributed by atoms with van der Waals surface area (Å²) in [6.07, 6.45) is 2.30. The van der Waals surface area contributed by atoms with Crippen molar-refractivity contribution in [3.63, 3.8) is 0 Å². The summed E-state index contributed by atoms with van der Waals surface area (Å²) in [7, 11) is 0. The summed E-state index contributed by atoms with van der Waals surface area (Å²) in [6, 6.07) is 42.3. The van der Waals surface area contributed by atoms with Crippen LogP contribution in [0.4, 0.5) is 26.3 Å². The number of benzene rings is 6. The van der Waals surface area contributed by atoms with Crippen molar-refractivity contribution in [2.45, 2.75) is 57.3 Å². The highest BCUT2D eigenvalue weighted by Gasteiger charge is 2.32. The number of nitrogens with zero attached hydrogens (tertiary/aromatic N) is 2. The molecule has 0 unspecified atom stereocenters. The van der Waals surface area contributed by atoms with Crippen LogP contribution in [-0.4, -0.2) is 49.1 Å². The minimum atomic E-state index is -4.30. The Kier molecular flexibility index (Phi) is 12.3. The van der Waals surface area contributed by atoms with E-state index in [1.807, 2.05) is 0 Å². The largest absolute Gasteiger partial charge is 0.416 e. The van der Waals surface area contributed by atoms with Gasteiger partial charge in [0.2, 0.25) is 0 Å². The van der Waals surface area contributed by atoms with Gasteiger partial charge in [-0.15, -0.1) is 0 Å². The Labute approximate surface area is 366 Å². The summed E-state index contributed by atoms with van der Waals surface area (Å²) >= 11 is 0. The lowest BCUT2D eigenvalue weighted by atomic mass is 9.84. The average molecular weight is 853 g/mol. The molecule has 4 aliphatic rings. The summed E-state index contributed by atoms with van der Waals surface area (Å²) in [5, 5.41) is 0. The van der Waals surface area contributed by atoms with Crippen LogP contribution in [0.3, 0.4) is 0 Å². The maximum atomic E-state index is 13.0. The molecule has 0 amide bonds. The molecule has 6 aromatic rings. The van der Waals surface area contributed by atoms with Crippen molar-refractivity contribution in [1.29, 1.82) is 0 Å². The lowest BCUT2D eigenvalue weighted by Crippen LogP contribution is -2.30. The van der Waals surface area contributed by atoms with Gasteiger partial charge in [-0.05, 0) is 147 Å². The molecule has 0 saturated carbocycles. The maximum absolute atomic E-state index is 13.0. The van der Waals surface area contributed by atoms with E-state index in [4.69, 9.17) is 0 Å². The van der Waals surface area contributed by atoms with Crippen LogP contribution in [-0.2, 0) is 44.5 Å². The number of halogens is 6.